The van der Waals surface area contributed by atoms with E-state index in [0.29, 0.717) is 19.1 Å². The third-order valence-electron chi connectivity index (χ3n) is 2.41. The molecule has 0 fully saturated rings. The monoisotopic (exact) mass is 293 g/mol. The molecule has 2 aromatic rings. The summed E-state index contributed by atoms with van der Waals surface area (Å²) in [6.07, 6.45) is 3.42. The van der Waals surface area contributed by atoms with Gasteiger partial charge in [-0.3, -0.25) is 4.98 Å². The maximum Gasteiger partial charge on any atom is 0.322 e. The Kier molecular flexibility index (Phi) is 5.49. The smallest absolute Gasteiger partial charge is 0.322 e. The standard InChI is InChI=1S/C13H16ClN5O/c1-2-9-20-13-18-11(14)17-12(19-13)16-8-6-10-5-3-4-7-15-10/h3-5,7H,2,6,8-9H2,1H3,(H,16,17,18,19). The lowest BCUT2D eigenvalue weighted by atomic mass is 10.3. The Labute approximate surface area is 122 Å². The van der Waals surface area contributed by atoms with Crippen LogP contribution in [0.5, 0.6) is 6.01 Å². The fourth-order valence-corrected chi connectivity index (χ4v) is 1.67. The number of nitrogens with one attached hydrogen (secondary N) is 1. The van der Waals surface area contributed by atoms with Crippen molar-refractivity contribution >= 4 is 17.5 Å². The van der Waals surface area contributed by atoms with E-state index in [2.05, 4.69) is 25.3 Å². The van der Waals surface area contributed by atoms with E-state index in [1.54, 1.807) is 6.20 Å². The summed E-state index contributed by atoms with van der Waals surface area (Å²) < 4.78 is 5.34. The molecule has 0 spiro atoms. The first-order valence-corrected chi connectivity index (χ1v) is 6.84. The van der Waals surface area contributed by atoms with E-state index in [0.717, 1.165) is 18.5 Å². The van der Waals surface area contributed by atoms with Crippen molar-refractivity contribution < 1.29 is 4.74 Å². The second-order valence-electron chi connectivity index (χ2n) is 4.06. The van der Waals surface area contributed by atoms with Gasteiger partial charge in [-0.15, -0.1) is 0 Å². The largest absolute Gasteiger partial charge is 0.463 e. The number of ether oxygens (including phenoxy) is 1. The first-order valence-electron chi connectivity index (χ1n) is 6.46. The molecule has 0 saturated heterocycles. The molecule has 1 N–H and O–H groups in total. The number of aromatic nitrogens is 4. The van der Waals surface area contributed by atoms with Gasteiger partial charge in [0, 0.05) is 24.9 Å². The van der Waals surface area contributed by atoms with Crippen molar-refractivity contribution in [1.29, 1.82) is 0 Å². The summed E-state index contributed by atoms with van der Waals surface area (Å²) in [6.45, 7) is 3.22. The molecule has 0 aliphatic heterocycles. The van der Waals surface area contributed by atoms with Crippen LogP contribution in [-0.4, -0.2) is 33.1 Å². The van der Waals surface area contributed by atoms with Gasteiger partial charge in [0.2, 0.25) is 11.2 Å². The van der Waals surface area contributed by atoms with Crippen molar-refractivity contribution in [3.8, 4) is 6.01 Å². The summed E-state index contributed by atoms with van der Waals surface area (Å²) in [6, 6.07) is 6.06. The van der Waals surface area contributed by atoms with Gasteiger partial charge in [0.1, 0.15) is 0 Å². The topological polar surface area (TPSA) is 72.8 Å². The van der Waals surface area contributed by atoms with E-state index in [-0.39, 0.29) is 11.3 Å². The number of rotatable bonds is 7. The number of anilines is 1. The first kappa shape index (κ1) is 14.5. The van der Waals surface area contributed by atoms with E-state index < -0.39 is 0 Å². The molecule has 6 nitrogen and oxygen atoms in total. The lowest BCUT2D eigenvalue weighted by Crippen LogP contribution is -2.10. The van der Waals surface area contributed by atoms with Crippen LogP contribution in [0.2, 0.25) is 5.28 Å². The Morgan fingerprint density at radius 2 is 2.15 bits per heavy atom. The Hall–Kier alpha value is -1.95. The average Bonchev–Trinajstić information content (AvgIpc) is 2.46. The van der Waals surface area contributed by atoms with Crippen LogP contribution < -0.4 is 10.1 Å². The van der Waals surface area contributed by atoms with Crippen molar-refractivity contribution in [2.75, 3.05) is 18.5 Å². The number of hydrogen-bond acceptors (Lipinski definition) is 6. The molecule has 0 amide bonds. The third kappa shape index (κ3) is 4.62. The fraction of sp³-hybridized carbons (Fsp3) is 0.385. The molecule has 0 atom stereocenters. The molecule has 0 unspecified atom stereocenters. The van der Waals surface area contributed by atoms with Crippen LogP contribution in [-0.2, 0) is 6.42 Å². The Balaban J connectivity index is 1.90. The number of nitrogens with zero attached hydrogens (tertiary/aromatic N) is 4. The molecule has 106 valence electrons. The fourth-order valence-electron chi connectivity index (χ4n) is 1.52. The van der Waals surface area contributed by atoms with Gasteiger partial charge < -0.3 is 10.1 Å². The summed E-state index contributed by atoms with van der Waals surface area (Å²) in [5.74, 6) is 0.409. The van der Waals surface area contributed by atoms with Gasteiger partial charge in [-0.2, -0.15) is 15.0 Å². The maximum absolute atomic E-state index is 5.83. The highest BCUT2D eigenvalue weighted by atomic mass is 35.5. The van der Waals surface area contributed by atoms with E-state index in [9.17, 15) is 0 Å². The van der Waals surface area contributed by atoms with E-state index >= 15 is 0 Å². The molecule has 0 aliphatic carbocycles. The minimum atomic E-state index is 0.117. The Morgan fingerprint density at radius 3 is 2.90 bits per heavy atom. The van der Waals surface area contributed by atoms with Crippen LogP contribution >= 0.6 is 11.6 Å². The molecule has 20 heavy (non-hydrogen) atoms. The number of halogens is 1. The quantitative estimate of drug-likeness (QED) is 0.845. The highest BCUT2D eigenvalue weighted by molar-refractivity contribution is 6.28. The van der Waals surface area contributed by atoms with E-state index in [1.807, 2.05) is 25.1 Å². The van der Waals surface area contributed by atoms with Crippen molar-refractivity contribution in [3.63, 3.8) is 0 Å². The zero-order valence-corrected chi connectivity index (χ0v) is 12.0. The summed E-state index contributed by atoms with van der Waals surface area (Å²) in [5.41, 5.74) is 1.00. The molecule has 0 saturated carbocycles. The Bertz CT molecular complexity index is 538. The first-order chi connectivity index (χ1) is 9.78. The van der Waals surface area contributed by atoms with Crippen molar-refractivity contribution in [2.45, 2.75) is 19.8 Å². The SMILES string of the molecule is CCCOc1nc(Cl)nc(NCCc2ccccn2)n1. The van der Waals surface area contributed by atoms with Crippen molar-refractivity contribution in [2.24, 2.45) is 0 Å². The van der Waals surface area contributed by atoms with Crippen LogP contribution in [0.15, 0.2) is 24.4 Å². The van der Waals surface area contributed by atoms with Gasteiger partial charge in [-0.05, 0) is 30.2 Å². The van der Waals surface area contributed by atoms with Crippen LogP contribution in [0.4, 0.5) is 5.95 Å². The minimum absolute atomic E-state index is 0.117. The van der Waals surface area contributed by atoms with Crippen LogP contribution in [0, 0.1) is 0 Å². The highest BCUT2D eigenvalue weighted by Gasteiger charge is 2.05. The van der Waals surface area contributed by atoms with E-state index in [1.165, 1.54) is 0 Å². The zero-order chi connectivity index (χ0) is 14.2. The molecule has 0 aliphatic rings. The van der Waals surface area contributed by atoms with Crippen molar-refractivity contribution in [3.05, 3.63) is 35.4 Å². The summed E-state index contributed by atoms with van der Waals surface area (Å²) in [7, 11) is 0. The van der Waals surface area contributed by atoms with Gasteiger partial charge in [0.15, 0.2) is 0 Å². The summed E-state index contributed by atoms with van der Waals surface area (Å²) >= 11 is 5.83. The lowest BCUT2D eigenvalue weighted by Gasteiger charge is -2.07. The molecule has 0 bridgehead atoms. The minimum Gasteiger partial charge on any atom is -0.463 e. The van der Waals surface area contributed by atoms with Gasteiger partial charge >= 0.3 is 6.01 Å². The normalized spacial score (nSPS) is 10.3. The highest BCUT2D eigenvalue weighted by Crippen LogP contribution is 2.11. The predicted molar refractivity (Wildman–Crippen MR) is 77.1 cm³/mol. The van der Waals surface area contributed by atoms with Gasteiger partial charge in [-0.1, -0.05) is 13.0 Å². The van der Waals surface area contributed by atoms with Gasteiger partial charge in [0.05, 0.1) is 6.61 Å². The third-order valence-corrected chi connectivity index (χ3v) is 2.58. The second-order valence-corrected chi connectivity index (χ2v) is 4.39. The molecule has 7 heteroatoms. The van der Waals surface area contributed by atoms with Crippen molar-refractivity contribution in [1.82, 2.24) is 19.9 Å². The summed E-state index contributed by atoms with van der Waals surface area (Å²) in [4.78, 5) is 16.3. The molecule has 0 aromatic carbocycles. The van der Waals surface area contributed by atoms with E-state index in [4.69, 9.17) is 16.3 Å². The lowest BCUT2D eigenvalue weighted by molar-refractivity contribution is 0.291. The predicted octanol–water partition coefficient (Wildman–Crippen LogP) is 2.36. The average molecular weight is 294 g/mol. The molecule has 2 heterocycles. The second kappa shape index (κ2) is 7.59. The zero-order valence-electron chi connectivity index (χ0n) is 11.2. The Morgan fingerprint density at radius 1 is 1.25 bits per heavy atom. The molecular weight excluding hydrogens is 278 g/mol. The molecular formula is C13H16ClN5O. The maximum atomic E-state index is 5.83. The number of pyridine rings is 1. The van der Waals surface area contributed by atoms with Gasteiger partial charge in [-0.25, -0.2) is 0 Å². The van der Waals surface area contributed by atoms with Gasteiger partial charge in [0.25, 0.3) is 0 Å². The molecule has 2 rings (SSSR count). The number of hydrogen-bond donors (Lipinski definition) is 1. The summed E-state index contributed by atoms with van der Waals surface area (Å²) in [5, 5.41) is 3.20. The molecule has 0 radical (unpaired) electrons. The molecule has 2 aromatic heterocycles. The van der Waals surface area contributed by atoms with Crippen LogP contribution in [0.25, 0.3) is 0 Å². The van der Waals surface area contributed by atoms with Crippen LogP contribution in [0.1, 0.15) is 19.0 Å². The van der Waals surface area contributed by atoms with Crippen LogP contribution in [0.3, 0.4) is 0 Å².